The minimum absolute atomic E-state index is 0.197. The van der Waals surface area contributed by atoms with Crippen molar-refractivity contribution in [3.8, 4) is 5.75 Å². The number of hydrogen-bond donors (Lipinski definition) is 0. The summed E-state index contributed by atoms with van der Waals surface area (Å²) in [6.45, 7) is 12.7. The second-order valence-corrected chi connectivity index (χ2v) is 13.4. The van der Waals surface area contributed by atoms with E-state index in [1.54, 1.807) is 0 Å². The number of nitrogens with zero attached hydrogens (tertiary/aromatic N) is 1. The first-order valence-corrected chi connectivity index (χ1v) is 12.8. The highest BCUT2D eigenvalue weighted by molar-refractivity contribution is 6.74. The zero-order valence-corrected chi connectivity index (χ0v) is 18.6. The summed E-state index contributed by atoms with van der Waals surface area (Å²) >= 11 is 0. The van der Waals surface area contributed by atoms with E-state index >= 15 is 0 Å². The smallest absolute Gasteiger partial charge is 0.250 e. The molecule has 1 aliphatic heterocycles. The van der Waals surface area contributed by atoms with Gasteiger partial charge in [-0.05, 0) is 60.1 Å². The average molecular weight is 394 g/mol. The summed E-state index contributed by atoms with van der Waals surface area (Å²) in [7, 11) is -1.80. The highest BCUT2D eigenvalue weighted by atomic mass is 28.4. The second-order valence-electron chi connectivity index (χ2n) is 8.71. The van der Waals surface area contributed by atoms with Gasteiger partial charge < -0.3 is 14.1 Å². The van der Waals surface area contributed by atoms with Crippen LogP contribution < -0.4 is 9.33 Å². The van der Waals surface area contributed by atoms with Crippen LogP contribution in [-0.4, -0.2) is 14.9 Å². The van der Waals surface area contributed by atoms with Gasteiger partial charge in [0.1, 0.15) is 18.1 Å². The molecule has 148 valence electrons. The van der Waals surface area contributed by atoms with Crippen molar-refractivity contribution in [3.63, 3.8) is 0 Å². The van der Waals surface area contributed by atoms with Crippen molar-refractivity contribution < 1.29 is 9.16 Å². The summed E-state index contributed by atoms with van der Waals surface area (Å²) in [5.41, 5.74) is 2.33. The minimum atomic E-state index is -1.80. The summed E-state index contributed by atoms with van der Waals surface area (Å²) in [6.07, 6.45) is 6.21. The topological polar surface area (TPSA) is 21.7 Å². The lowest BCUT2D eigenvalue weighted by atomic mass is 10.2. The van der Waals surface area contributed by atoms with E-state index < -0.39 is 8.32 Å². The average Bonchev–Trinajstić information content (AvgIpc) is 2.67. The van der Waals surface area contributed by atoms with Gasteiger partial charge in [0.2, 0.25) is 8.32 Å². The molecule has 3 rings (SSSR count). The Labute approximate surface area is 170 Å². The lowest BCUT2D eigenvalue weighted by Crippen LogP contribution is -2.43. The van der Waals surface area contributed by atoms with Crippen LogP contribution in [0.1, 0.15) is 26.3 Å². The summed E-state index contributed by atoms with van der Waals surface area (Å²) in [4.78, 5) is 2.20. The molecule has 0 saturated carbocycles. The van der Waals surface area contributed by atoms with Gasteiger partial charge in [0, 0.05) is 18.4 Å². The molecule has 3 nitrogen and oxygen atoms in total. The molecule has 0 bridgehead atoms. The Kier molecular flexibility index (Phi) is 5.99. The maximum Gasteiger partial charge on any atom is 0.250 e. The van der Waals surface area contributed by atoms with Gasteiger partial charge in [0.05, 0.1) is 0 Å². The van der Waals surface area contributed by atoms with Crippen LogP contribution in [0.3, 0.4) is 0 Å². The number of allylic oxidation sites excluding steroid dienone is 1. The maximum absolute atomic E-state index is 6.37. The second kappa shape index (κ2) is 8.27. The Balaban J connectivity index is 1.56. The van der Waals surface area contributed by atoms with Crippen LogP contribution >= 0.6 is 0 Å². The fourth-order valence-corrected chi connectivity index (χ4v) is 3.70. The maximum atomic E-state index is 6.37. The van der Waals surface area contributed by atoms with E-state index in [-0.39, 0.29) is 5.04 Å². The van der Waals surface area contributed by atoms with Crippen molar-refractivity contribution in [2.24, 2.45) is 0 Å². The van der Waals surface area contributed by atoms with Crippen molar-refractivity contribution in [3.05, 3.63) is 84.3 Å². The van der Waals surface area contributed by atoms with Gasteiger partial charge in [-0.25, -0.2) is 0 Å². The summed E-state index contributed by atoms with van der Waals surface area (Å²) in [5.74, 6) is 1.87. The Bertz CT molecular complexity index is 833. The van der Waals surface area contributed by atoms with Crippen LogP contribution in [0.15, 0.2) is 78.7 Å². The zero-order chi connectivity index (χ0) is 20.2. The van der Waals surface area contributed by atoms with E-state index in [9.17, 15) is 0 Å². The minimum Gasteiger partial charge on any atom is -0.544 e. The largest absolute Gasteiger partial charge is 0.544 e. The summed E-state index contributed by atoms with van der Waals surface area (Å²) < 4.78 is 12.3. The third-order valence-electron chi connectivity index (χ3n) is 5.50. The van der Waals surface area contributed by atoms with E-state index in [1.165, 1.54) is 5.56 Å². The molecule has 0 N–H and O–H groups in total. The van der Waals surface area contributed by atoms with Crippen molar-refractivity contribution in [1.29, 1.82) is 0 Å². The number of anilines is 1. The Morgan fingerprint density at radius 2 is 1.64 bits per heavy atom. The van der Waals surface area contributed by atoms with Gasteiger partial charge in [-0.2, -0.15) is 0 Å². The van der Waals surface area contributed by atoms with E-state index in [0.717, 1.165) is 23.7 Å². The molecule has 1 heterocycles. The molecule has 0 amide bonds. The number of hydrogen-bond acceptors (Lipinski definition) is 3. The van der Waals surface area contributed by atoms with Crippen LogP contribution in [0, 0.1) is 0 Å². The standard InChI is InChI=1S/C24H31NO2Si/c1-24(2,3)28(4,5)27-23-13-11-21(12-14-23)25-17-15-22(16-18-25)26-19-20-9-7-6-8-10-20/h6-17H,18-19H2,1-5H3. The lowest BCUT2D eigenvalue weighted by Gasteiger charge is -2.36. The Morgan fingerprint density at radius 3 is 2.21 bits per heavy atom. The highest BCUT2D eigenvalue weighted by Crippen LogP contribution is 2.37. The number of ether oxygens (including phenoxy) is 1. The number of rotatable bonds is 6. The highest BCUT2D eigenvalue weighted by Gasteiger charge is 2.38. The molecule has 2 aromatic rings. The predicted molar refractivity (Wildman–Crippen MR) is 120 cm³/mol. The summed E-state index contributed by atoms with van der Waals surface area (Å²) in [6, 6.07) is 18.6. The van der Waals surface area contributed by atoms with Crippen LogP contribution in [-0.2, 0) is 11.3 Å². The lowest BCUT2D eigenvalue weighted by molar-refractivity contribution is 0.209. The van der Waals surface area contributed by atoms with Gasteiger partial charge in [-0.1, -0.05) is 51.1 Å². The molecule has 0 aliphatic carbocycles. The first kappa shape index (κ1) is 20.3. The van der Waals surface area contributed by atoms with Crippen molar-refractivity contribution >= 4 is 14.0 Å². The molecule has 0 radical (unpaired) electrons. The van der Waals surface area contributed by atoms with Gasteiger partial charge in [-0.15, -0.1) is 0 Å². The summed E-state index contributed by atoms with van der Waals surface area (Å²) in [5, 5.41) is 0.197. The first-order chi connectivity index (χ1) is 13.2. The van der Waals surface area contributed by atoms with E-state index in [1.807, 2.05) is 24.3 Å². The molecule has 0 aromatic heterocycles. The zero-order valence-electron chi connectivity index (χ0n) is 17.6. The SMILES string of the molecule is CC(C)(C)[Si](C)(C)Oc1ccc(N2C=CC(OCc3ccccc3)=CC2)cc1. The molecule has 0 saturated heterocycles. The fraction of sp³-hybridized carbons (Fsp3) is 0.333. The molecule has 2 aromatic carbocycles. The van der Waals surface area contributed by atoms with E-state index in [4.69, 9.17) is 9.16 Å². The van der Waals surface area contributed by atoms with Crippen LogP contribution in [0.5, 0.6) is 5.75 Å². The molecule has 4 heteroatoms. The van der Waals surface area contributed by atoms with Gasteiger partial charge in [-0.3, -0.25) is 0 Å². The normalized spacial score (nSPS) is 14.6. The van der Waals surface area contributed by atoms with Crippen molar-refractivity contribution in [2.75, 3.05) is 11.4 Å². The fourth-order valence-electron chi connectivity index (χ4n) is 2.67. The van der Waals surface area contributed by atoms with Crippen LogP contribution in [0.2, 0.25) is 18.1 Å². The van der Waals surface area contributed by atoms with E-state index in [2.05, 4.69) is 87.4 Å². The van der Waals surface area contributed by atoms with Crippen molar-refractivity contribution in [2.45, 2.75) is 45.5 Å². The van der Waals surface area contributed by atoms with Crippen molar-refractivity contribution in [1.82, 2.24) is 0 Å². The molecular formula is C24H31NO2Si. The molecule has 28 heavy (non-hydrogen) atoms. The molecule has 1 aliphatic rings. The van der Waals surface area contributed by atoms with Crippen LogP contribution in [0.25, 0.3) is 0 Å². The molecule has 0 unspecified atom stereocenters. The molecular weight excluding hydrogens is 362 g/mol. The third kappa shape index (κ3) is 5.07. The van der Waals surface area contributed by atoms with E-state index in [0.29, 0.717) is 6.61 Å². The first-order valence-electron chi connectivity index (χ1n) is 9.85. The third-order valence-corrected chi connectivity index (χ3v) is 9.86. The number of benzene rings is 2. The molecule has 0 atom stereocenters. The predicted octanol–water partition coefficient (Wildman–Crippen LogP) is 6.51. The van der Waals surface area contributed by atoms with Gasteiger partial charge in [0.15, 0.2) is 0 Å². The molecule has 0 fully saturated rings. The Hall–Kier alpha value is -2.46. The molecule has 0 spiro atoms. The Morgan fingerprint density at radius 1 is 0.964 bits per heavy atom. The quantitative estimate of drug-likeness (QED) is 0.523. The monoisotopic (exact) mass is 393 g/mol. The van der Waals surface area contributed by atoms with Crippen LogP contribution in [0.4, 0.5) is 5.69 Å². The van der Waals surface area contributed by atoms with Gasteiger partial charge in [0.25, 0.3) is 0 Å². The van der Waals surface area contributed by atoms with Gasteiger partial charge >= 0.3 is 0 Å².